The maximum Gasteiger partial charge on any atom is 0.268 e. The third-order valence-electron chi connectivity index (χ3n) is 7.73. The van der Waals surface area contributed by atoms with Crippen molar-refractivity contribution in [3.05, 3.63) is 29.3 Å². The fraction of sp³-hybridized carbons (Fsp3) is 0.769. The molecular formula is C26H40OSi. The van der Waals surface area contributed by atoms with E-state index in [1.807, 2.05) is 0 Å². The van der Waals surface area contributed by atoms with E-state index < -0.39 is 0 Å². The molecule has 1 aromatic rings. The highest BCUT2D eigenvalue weighted by Gasteiger charge is 2.26. The molecule has 0 N–H and O–H groups in total. The van der Waals surface area contributed by atoms with Gasteiger partial charge in [-0.2, -0.15) is 0 Å². The van der Waals surface area contributed by atoms with Crippen molar-refractivity contribution in [2.75, 3.05) is 6.61 Å². The Morgan fingerprint density at radius 2 is 1.32 bits per heavy atom. The average molecular weight is 397 g/mol. The lowest BCUT2D eigenvalue weighted by molar-refractivity contribution is 0.256. The first-order chi connectivity index (χ1) is 13.9. The van der Waals surface area contributed by atoms with E-state index >= 15 is 0 Å². The van der Waals surface area contributed by atoms with E-state index in [0.29, 0.717) is 9.76 Å². The molecule has 4 rings (SSSR count). The van der Waals surface area contributed by atoms with Crippen LogP contribution >= 0.6 is 0 Å². The summed E-state index contributed by atoms with van der Waals surface area (Å²) in [6, 6.07) is 7.22. The molecule has 0 amide bonds. The monoisotopic (exact) mass is 396 g/mol. The predicted molar refractivity (Wildman–Crippen MR) is 121 cm³/mol. The van der Waals surface area contributed by atoms with E-state index in [1.54, 1.807) is 16.3 Å². The molecule has 28 heavy (non-hydrogen) atoms. The molecule has 154 valence electrons. The smallest absolute Gasteiger partial charge is 0.268 e. The van der Waals surface area contributed by atoms with Gasteiger partial charge in [-0.25, -0.2) is 0 Å². The van der Waals surface area contributed by atoms with E-state index in [-0.39, 0.29) is 0 Å². The Morgan fingerprint density at radius 1 is 0.714 bits per heavy atom. The second-order valence-corrected chi connectivity index (χ2v) is 10.8. The Kier molecular flexibility index (Phi) is 8.09. The largest absolute Gasteiger partial charge is 0.411 e. The topological polar surface area (TPSA) is 9.23 Å². The SMILES string of the molecule is c1cc([Si]OCCC2CCCCC2)c(C2CCCCC2)c(C2CCCCC2)c1. The molecule has 2 radical (unpaired) electrons. The van der Waals surface area contributed by atoms with Crippen molar-refractivity contribution >= 4 is 14.9 Å². The van der Waals surface area contributed by atoms with Gasteiger partial charge in [0.15, 0.2) is 0 Å². The van der Waals surface area contributed by atoms with E-state index in [0.717, 1.165) is 24.4 Å². The van der Waals surface area contributed by atoms with E-state index in [2.05, 4.69) is 18.2 Å². The van der Waals surface area contributed by atoms with Gasteiger partial charge in [0.1, 0.15) is 0 Å². The Labute approximate surface area is 176 Å². The molecule has 3 aliphatic carbocycles. The summed E-state index contributed by atoms with van der Waals surface area (Å²) in [6.45, 7) is 0.973. The number of rotatable bonds is 7. The summed E-state index contributed by atoms with van der Waals surface area (Å²) >= 11 is 0. The van der Waals surface area contributed by atoms with E-state index in [4.69, 9.17) is 4.43 Å². The predicted octanol–water partition coefficient (Wildman–Crippen LogP) is 7.01. The lowest BCUT2D eigenvalue weighted by atomic mass is 9.76. The van der Waals surface area contributed by atoms with Crippen LogP contribution in [0.2, 0.25) is 0 Å². The van der Waals surface area contributed by atoms with Crippen molar-refractivity contribution in [3.8, 4) is 0 Å². The van der Waals surface area contributed by atoms with Crippen LogP contribution in [-0.2, 0) is 4.43 Å². The zero-order valence-electron chi connectivity index (χ0n) is 17.9. The summed E-state index contributed by atoms with van der Waals surface area (Å²) in [6.07, 6.45) is 22.8. The number of hydrogen-bond donors (Lipinski definition) is 0. The Balaban J connectivity index is 1.43. The van der Waals surface area contributed by atoms with E-state index in [9.17, 15) is 0 Å². The van der Waals surface area contributed by atoms with Gasteiger partial charge >= 0.3 is 0 Å². The second kappa shape index (κ2) is 11.0. The van der Waals surface area contributed by atoms with Crippen molar-refractivity contribution in [1.82, 2.24) is 0 Å². The minimum absolute atomic E-state index is 0.559. The summed E-state index contributed by atoms with van der Waals surface area (Å²) in [5.74, 6) is 2.55. The second-order valence-electron chi connectivity index (χ2n) is 9.72. The standard InChI is InChI=1S/C26H40OSi/c1-4-11-21(12-5-1)19-20-27-28-25-18-10-17-24(22-13-6-2-7-14-22)26(25)23-15-8-3-9-16-23/h10,17-18,21-23H,1-9,11-16,19-20H2. The van der Waals surface area contributed by atoms with Gasteiger partial charge in [0.2, 0.25) is 0 Å². The van der Waals surface area contributed by atoms with Gasteiger partial charge in [-0.3, -0.25) is 0 Å². The summed E-state index contributed by atoms with van der Waals surface area (Å²) in [5.41, 5.74) is 3.46. The maximum absolute atomic E-state index is 6.32. The molecule has 3 aliphatic rings. The third kappa shape index (κ3) is 5.51. The van der Waals surface area contributed by atoms with Crippen LogP contribution in [0.25, 0.3) is 0 Å². The van der Waals surface area contributed by atoms with Gasteiger partial charge in [0.25, 0.3) is 9.76 Å². The van der Waals surface area contributed by atoms with Gasteiger partial charge in [-0.15, -0.1) is 0 Å². The normalized spacial score (nSPS) is 23.1. The molecule has 0 unspecified atom stereocenters. The zero-order chi connectivity index (χ0) is 19.0. The number of benzene rings is 1. The van der Waals surface area contributed by atoms with Gasteiger partial charge in [-0.05, 0) is 66.2 Å². The van der Waals surface area contributed by atoms with Crippen molar-refractivity contribution < 1.29 is 4.43 Å². The highest BCUT2D eigenvalue weighted by molar-refractivity contribution is 6.47. The van der Waals surface area contributed by atoms with Gasteiger partial charge in [-0.1, -0.05) is 88.8 Å². The average Bonchev–Trinajstić information content (AvgIpc) is 2.78. The fourth-order valence-electron chi connectivity index (χ4n) is 6.12. The van der Waals surface area contributed by atoms with Crippen molar-refractivity contribution in [1.29, 1.82) is 0 Å². The van der Waals surface area contributed by atoms with Crippen LogP contribution in [0.4, 0.5) is 0 Å². The Bertz CT molecular complexity index is 580. The van der Waals surface area contributed by atoms with Gasteiger partial charge in [0, 0.05) is 6.61 Å². The van der Waals surface area contributed by atoms with Crippen LogP contribution in [0.5, 0.6) is 0 Å². The van der Waals surface area contributed by atoms with E-state index in [1.165, 1.54) is 103 Å². The van der Waals surface area contributed by atoms with Crippen LogP contribution in [0, 0.1) is 5.92 Å². The zero-order valence-corrected chi connectivity index (χ0v) is 18.9. The third-order valence-corrected chi connectivity index (χ3v) is 8.74. The molecule has 0 aromatic heterocycles. The highest BCUT2D eigenvalue weighted by atomic mass is 28.2. The van der Waals surface area contributed by atoms with Gasteiger partial charge in [0.05, 0.1) is 0 Å². The number of hydrogen-bond acceptors (Lipinski definition) is 1. The first-order valence-electron chi connectivity index (χ1n) is 12.4. The van der Waals surface area contributed by atoms with Crippen molar-refractivity contribution in [2.24, 2.45) is 5.92 Å². The first kappa shape index (κ1) is 20.7. The highest BCUT2D eigenvalue weighted by Crippen LogP contribution is 2.40. The lowest BCUT2D eigenvalue weighted by Crippen LogP contribution is -2.28. The van der Waals surface area contributed by atoms with Crippen LogP contribution in [0.3, 0.4) is 0 Å². The maximum atomic E-state index is 6.32. The molecule has 2 heteroatoms. The molecule has 0 atom stereocenters. The molecule has 1 nitrogen and oxygen atoms in total. The van der Waals surface area contributed by atoms with Crippen molar-refractivity contribution in [2.45, 2.75) is 115 Å². The fourth-order valence-corrected chi connectivity index (χ4v) is 7.12. The van der Waals surface area contributed by atoms with Crippen molar-refractivity contribution in [3.63, 3.8) is 0 Å². The van der Waals surface area contributed by atoms with Crippen LogP contribution in [0.1, 0.15) is 126 Å². The molecule has 3 saturated carbocycles. The molecule has 0 spiro atoms. The van der Waals surface area contributed by atoms with Crippen LogP contribution in [-0.4, -0.2) is 16.4 Å². The minimum Gasteiger partial charge on any atom is -0.411 e. The molecule has 0 bridgehead atoms. The van der Waals surface area contributed by atoms with Gasteiger partial charge < -0.3 is 4.43 Å². The van der Waals surface area contributed by atoms with Crippen LogP contribution in [0.15, 0.2) is 18.2 Å². The molecular weight excluding hydrogens is 356 g/mol. The quantitative estimate of drug-likeness (QED) is 0.355. The Morgan fingerprint density at radius 3 is 2.00 bits per heavy atom. The van der Waals surface area contributed by atoms with Crippen LogP contribution < -0.4 is 5.19 Å². The molecule has 0 aliphatic heterocycles. The summed E-state index contributed by atoms with van der Waals surface area (Å²) in [4.78, 5) is 0. The summed E-state index contributed by atoms with van der Waals surface area (Å²) < 4.78 is 6.32. The Hall–Kier alpha value is -0.603. The molecule has 0 saturated heterocycles. The lowest BCUT2D eigenvalue weighted by Gasteiger charge is -2.31. The first-order valence-corrected chi connectivity index (χ1v) is 13.3. The molecule has 0 heterocycles. The summed E-state index contributed by atoms with van der Waals surface area (Å²) in [5, 5.41) is 1.55. The molecule has 1 aromatic carbocycles. The minimum atomic E-state index is 0.559. The summed E-state index contributed by atoms with van der Waals surface area (Å²) in [7, 11) is 0.559. The molecule has 3 fully saturated rings.